The summed E-state index contributed by atoms with van der Waals surface area (Å²) in [7, 11) is 0. The Bertz CT molecular complexity index is 1490. The van der Waals surface area contributed by atoms with Crippen molar-refractivity contribution in [2.75, 3.05) is 57.6 Å². The second kappa shape index (κ2) is 18.6. The number of unbranched alkanes of at least 4 members (excludes halogenated alkanes) is 8. The van der Waals surface area contributed by atoms with Crippen LogP contribution in [0.2, 0.25) is 0 Å². The Morgan fingerprint density at radius 1 is 0.870 bits per heavy atom. The molecule has 0 spiro atoms. The summed E-state index contributed by atoms with van der Waals surface area (Å²) < 4.78 is 18.2. The third-order valence-electron chi connectivity index (χ3n) is 8.66. The SMILES string of the molecule is CCCCCCCCCCNC(=O)OCOc1ccc2ccc(OCCCCN3CCN(c4cccc5sccc45)CC3)cc2n1. The van der Waals surface area contributed by atoms with Gasteiger partial charge >= 0.3 is 6.09 Å². The van der Waals surface area contributed by atoms with E-state index in [1.165, 1.54) is 54.3 Å². The number of rotatable bonds is 19. The average molecular weight is 647 g/mol. The Balaban J connectivity index is 0.937. The number of aromatic nitrogens is 1. The van der Waals surface area contributed by atoms with Gasteiger partial charge in [0.15, 0.2) is 0 Å². The monoisotopic (exact) mass is 646 g/mol. The van der Waals surface area contributed by atoms with Crippen LogP contribution in [-0.2, 0) is 4.74 Å². The smallest absolute Gasteiger partial charge is 0.410 e. The minimum Gasteiger partial charge on any atom is -0.494 e. The first kappa shape index (κ1) is 33.8. The van der Waals surface area contributed by atoms with E-state index in [1.54, 1.807) is 6.07 Å². The standard InChI is InChI=1S/C37H50N4O4S/c1-2-3-4-5-6-7-8-9-20-38-37(42)45-29-44-36-18-16-30-15-17-31(28-33(30)39-36)43-26-11-10-21-40-22-24-41(25-23-40)34-13-12-14-35-32(34)19-27-46-35/h12-19,27-28H,2-11,20-26,29H2,1H3,(H,38,42). The maximum Gasteiger partial charge on any atom is 0.410 e. The molecule has 1 amide bonds. The molecule has 8 nitrogen and oxygen atoms in total. The van der Waals surface area contributed by atoms with Crippen molar-refractivity contribution < 1.29 is 19.0 Å². The molecule has 2 aromatic carbocycles. The van der Waals surface area contributed by atoms with Crippen LogP contribution in [0, 0.1) is 0 Å². The first-order valence-electron chi connectivity index (χ1n) is 17.2. The van der Waals surface area contributed by atoms with E-state index in [4.69, 9.17) is 14.2 Å². The van der Waals surface area contributed by atoms with Crippen molar-refractivity contribution in [3.05, 3.63) is 60.0 Å². The fraction of sp³-hybridized carbons (Fsp3) is 0.514. The molecular weight excluding hydrogens is 596 g/mol. The summed E-state index contributed by atoms with van der Waals surface area (Å²) in [5.74, 6) is 1.21. The zero-order chi connectivity index (χ0) is 31.8. The van der Waals surface area contributed by atoms with Crippen LogP contribution in [0.3, 0.4) is 0 Å². The molecule has 4 aromatic rings. The van der Waals surface area contributed by atoms with Gasteiger partial charge in [-0.1, -0.05) is 57.9 Å². The number of piperazine rings is 1. The molecule has 1 aliphatic heterocycles. The number of pyridine rings is 1. The highest BCUT2D eigenvalue weighted by molar-refractivity contribution is 7.17. The number of ether oxygens (including phenoxy) is 3. The van der Waals surface area contributed by atoms with E-state index >= 15 is 0 Å². The summed E-state index contributed by atoms with van der Waals surface area (Å²) >= 11 is 1.81. The van der Waals surface area contributed by atoms with Gasteiger partial charge in [0.25, 0.3) is 0 Å². The number of amides is 1. The molecule has 1 saturated heterocycles. The molecule has 0 atom stereocenters. The van der Waals surface area contributed by atoms with E-state index in [1.807, 2.05) is 35.6 Å². The number of hydrogen-bond donors (Lipinski definition) is 1. The molecule has 1 fully saturated rings. The number of anilines is 1. The third-order valence-corrected chi connectivity index (χ3v) is 9.54. The maximum atomic E-state index is 12.0. The Hall–Kier alpha value is -3.56. The topological polar surface area (TPSA) is 76.2 Å². The Morgan fingerprint density at radius 2 is 1.67 bits per heavy atom. The molecule has 9 heteroatoms. The lowest BCUT2D eigenvalue weighted by Gasteiger charge is -2.36. The summed E-state index contributed by atoms with van der Waals surface area (Å²) in [5.41, 5.74) is 2.15. The quantitative estimate of drug-likeness (QED) is 0.0807. The number of fused-ring (bicyclic) bond motifs is 2. The fourth-order valence-corrected chi connectivity index (χ4v) is 6.79. The van der Waals surface area contributed by atoms with E-state index in [0.717, 1.165) is 75.1 Å². The first-order valence-corrected chi connectivity index (χ1v) is 18.1. The number of benzene rings is 2. The van der Waals surface area contributed by atoms with E-state index in [-0.39, 0.29) is 6.79 Å². The Kier molecular flexibility index (Phi) is 13.6. The molecule has 248 valence electrons. The molecule has 0 bridgehead atoms. The predicted octanol–water partition coefficient (Wildman–Crippen LogP) is 8.63. The highest BCUT2D eigenvalue weighted by Crippen LogP contribution is 2.31. The number of thiophene rings is 1. The second-order valence-corrected chi connectivity index (χ2v) is 13.0. The van der Waals surface area contributed by atoms with Crippen molar-refractivity contribution in [2.24, 2.45) is 0 Å². The predicted molar refractivity (Wildman–Crippen MR) is 190 cm³/mol. The summed E-state index contributed by atoms with van der Waals surface area (Å²) in [4.78, 5) is 21.7. The van der Waals surface area contributed by atoms with Crippen molar-refractivity contribution in [2.45, 2.75) is 71.1 Å². The molecule has 5 rings (SSSR count). The van der Waals surface area contributed by atoms with Gasteiger partial charge in [-0.3, -0.25) is 4.90 Å². The largest absolute Gasteiger partial charge is 0.494 e. The molecule has 2 aromatic heterocycles. The van der Waals surface area contributed by atoms with Gasteiger partial charge in [0.2, 0.25) is 12.7 Å². The van der Waals surface area contributed by atoms with Crippen molar-refractivity contribution >= 4 is 44.1 Å². The van der Waals surface area contributed by atoms with Crippen molar-refractivity contribution in [1.82, 2.24) is 15.2 Å². The van der Waals surface area contributed by atoms with Gasteiger partial charge in [-0.15, -0.1) is 11.3 Å². The van der Waals surface area contributed by atoms with Gasteiger partial charge in [-0.05, 0) is 67.6 Å². The van der Waals surface area contributed by atoms with Crippen LogP contribution in [0.15, 0.2) is 60.0 Å². The average Bonchev–Trinajstić information content (AvgIpc) is 3.57. The van der Waals surface area contributed by atoms with Crippen LogP contribution in [-0.4, -0.2) is 68.6 Å². The third kappa shape index (κ3) is 10.5. The van der Waals surface area contributed by atoms with Crippen LogP contribution < -0.4 is 19.7 Å². The summed E-state index contributed by atoms with van der Waals surface area (Å²) in [6.07, 6.45) is 11.5. The highest BCUT2D eigenvalue weighted by Gasteiger charge is 2.18. The molecule has 3 heterocycles. The number of nitrogens with one attached hydrogen (secondary N) is 1. The van der Waals surface area contributed by atoms with Crippen molar-refractivity contribution in [3.8, 4) is 11.6 Å². The van der Waals surface area contributed by atoms with Gasteiger partial charge in [0, 0.05) is 66.0 Å². The zero-order valence-corrected chi connectivity index (χ0v) is 28.2. The molecule has 0 radical (unpaired) electrons. The summed E-state index contributed by atoms with van der Waals surface area (Å²) in [5, 5.41) is 7.36. The lowest BCUT2D eigenvalue weighted by molar-refractivity contribution is 0.0570. The number of alkyl carbamates (subject to hydrolysis) is 1. The minimum absolute atomic E-state index is 0.183. The number of carbonyl (C=O) groups is 1. The van der Waals surface area contributed by atoms with E-state index in [0.29, 0.717) is 19.0 Å². The lowest BCUT2D eigenvalue weighted by Crippen LogP contribution is -2.46. The molecular formula is C37H50N4O4S. The van der Waals surface area contributed by atoms with Gasteiger partial charge in [-0.2, -0.15) is 0 Å². The van der Waals surface area contributed by atoms with Gasteiger partial charge < -0.3 is 24.4 Å². The number of hydrogen-bond acceptors (Lipinski definition) is 8. The minimum atomic E-state index is -0.464. The molecule has 1 N–H and O–H groups in total. The van der Waals surface area contributed by atoms with Crippen molar-refractivity contribution in [3.63, 3.8) is 0 Å². The fourth-order valence-electron chi connectivity index (χ4n) is 5.99. The second-order valence-electron chi connectivity index (χ2n) is 12.1. The van der Waals surface area contributed by atoms with Crippen LogP contribution in [0.4, 0.5) is 10.5 Å². The van der Waals surface area contributed by atoms with Crippen LogP contribution in [0.25, 0.3) is 21.0 Å². The van der Waals surface area contributed by atoms with Crippen LogP contribution in [0.1, 0.15) is 71.1 Å². The molecule has 1 aliphatic rings. The van der Waals surface area contributed by atoms with Gasteiger partial charge in [0.1, 0.15) is 5.75 Å². The number of nitrogens with zero attached hydrogens (tertiary/aromatic N) is 3. The first-order chi connectivity index (χ1) is 22.7. The van der Waals surface area contributed by atoms with E-state index in [9.17, 15) is 4.79 Å². The molecule has 0 saturated carbocycles. The highest BCUT2D eigenvalue weighted by atomic mass is 32.1. The molecule has 46 heavy (non-hydrogen) atoms. The van der Waals surface area contributed by atoms with Gasteiger partial charge in [-0.25, -0.2) is 9.78 Å². The summed E-state index contributed by atoms with van der Waals surface area (Å²) in [6, 6.07) is 18.6. The van der Waals surface area contributed by atoms with Crippen LogP contribution >= 0.6 is 11.3 Å². The lowest BCUT2D eigenvalue weighted by atomic mass is 10.1. The van der Waals surface area contributed by atoms with E-state index < -0.39 is 6.09 Å². The van der Waals surface area contributed by atoms with Crippen molar-refractivity contribution in [1.29, 1.82) is 0 Å². The normalized spacial score (nSPS) is 13.7. The maximum absolute atomic E-state index is 12.0. The molecule has 0 unspecified atom stereocenters. The Labute approximate surface area is 278 Å². The van der Waals surface area contributed by atoms with Crippen LogP contribution in [0.5, 0.6) is 11.6 Å². The zero-order valence-electron chi connectivity index (χ0n) is 27.4. The van der Waals surface area contributed by atoms with E-state index in [2.05, 4.69) is 56.7 Å². The molecule has 0 aliphatic carbocycles. The Morgan fingerprint density at radius 3 is 2.52 bits per heavy atom. The van der Waals surface area contributed by atoms with Gasteiger partial charge in [0.05, 0.1) is 12.1 Å². The number of carbonyl (C=O) groups excluding carboxylic acids is 1. The summed E-state index contributed by atoms with van der Waals surface area (Å²) in [6.45, 7) is 8.77.